The molecule has 5 heteroatoms. The van der Waals surface area contributed by atoms with Crippen LogP contribution in [0.5, 0.6) is 0 Å². The highest BCUT2D eigenvalue weighted by Gasteiger charge is 2.24. The van der Waals surface area contributed by atoms with Crippen molar-refractivity contribution in [3.63, 3.8) is 0 Å². The lowest BCUT2D eigenvalue weighted by Gasteiger charge is -2.30. The van der Waals surface area contributed by atoms with E-state index in [0.717, 1.165) is 25.1 Å². The summed E-state index contributed by atoms with van der Waals surface area (Å²) in [5.74, 6) is 1.67. The first-order valence-corrected chi connectivity index (χ1v) is 6.84. The van der Waals surface area contributed by atoms with Gasteiger partial charge in [-0.3, -0.25) is 4.98 Å². The van der Waals surface area contributed by atoms with Crippen molar-refractivity contribution < 1.29 is 4.42 Å². The van der Waals surface area contributed by atoms with E-state index >= 15 is 0 Å². The van der Waals surface area contributed by atoms with Gasteiger partial charge < -0.3 is 9.32 Å². The fourth-order valence-corrected chi connectivity index (χ4v) is 2.59. The monoisotopic (exact) mass is 268 g/mol. The molecule has 1 aliphatic rings. The summed E-state index contributed by atoms with van der Waals surface area (Å²) >= 11 is 0. The van der Waals surface area contributed by atoms with Crippen molar-refractivity contribution in [1.82, 2.24) is 9.97 Å². The van der Waals surface area contributed by atoms with E-state index in [0.29, 0.717) is 23.4 Å². The average Bonchev–Trinajstić information content (AvgIpc) is 2.92. The van der Waals surface area contributed by atoms with Gasteiger partial charge in [-0.1, -0.05) is 6.92 Å². The predicted molar refractivity (Wildman–Crippen MR) is 75.1 cm³/mol. The van der Waals surface area contributed by atoms with Gasteiger partial charge in [0.2, 0.25) is 17.5 Å². The van der Waals surface area contributed by atoms with Crippen molar-refractivity contribution in [3.8, 4) is 17.5 Å². The van der Waals surface area contributed by atoms with E-state index in [-0.39, 0.29) is 0 Å². The molecule has 1 atom stereocenters. The molecule has 3 heterocycles. The first-order chi connectivity index (χ1) is 9.78. The van der Waals surface area contributed by atoms with Crippen molar-refractivity contribution in [2.45, 2.75) is 19.8 Å². The van der Waals surface area contributed by atoms with Gasteiger partial charge in [-0.05, 0) is 30.9 Å². The predicted octanol–water partition coefficient (Wildman–Crippen LogP) is 2.84. The van der Waals surface area contributed by atoms with E-state index in [2.05, 4.69) is 27.9 Å². The molecule has 0 unspecified atom stereocenters. The summed E-state index contributed by atoms with van der Waals surface area (Å²) in [6, 6.07) is 5.84. The molecule has 1 fully saturated rings. The number of piperidine rings is 1. The van der Waals surface area contributed by atoms with E-state index in [9.17, 15) is 5.26 Å². The number of nitrogens with zero attached hydrogens (tertiary/aromatic N) is 4. The van der Waals surface area contributed by atoms with Crippen LogP contribution in [0.4, 0.5) is 5.88 Å². The zero-order valence-electron chi connectivity index (χ0n) is 11.4. The summed E-state index contributed by atoms with van der Waals surface area (Å²) in [5.41, 5.74) is 1.15. The summed E-state index contributed by atoms with van der Waals surface area (Å²) in [5, 5.41) is 9.26. The largest absolute Gasteiger partial charge is 0.419 e. The Morgan fingerprint density at radius 1 is 1.50 bits per heavy atom. The molecule has 1 saturated heterocycles. The molecular formula is C15H16N4O. The number of rotatable bonds is 2. The van der Waals surface area contributed by atoms with Crippen LogP contribution in [0.2, 0.25) is 0 Å². The molecule has 102 valence electrons. The summed E-state index contributed by atoms with van der Waals surface area (Å²) in [7, 11) is 0. The first kappa shape index (κ1) is 12.7. The number of pyridine rings is 1. The molecule has 0 aromatic carbocycles. The Bertz CT molecular complexity index is 629. The second-order valence-corrected chi connectivity index (χ2v) is 5.22. The van der Waals surface area contributed by atoms with E-state index < -0.39 is 0 Å². The smallest absolute Gasteiger partial charge is 0.235 e. The molecule has 0 bridgehead atoms. The van der Waals surface area contributed by atoms with Gasteiger partial charge >= 0.3 is 0 Å². The van der Waals surface area contributed by atoms with Crippen LogP contribution >= 0.6 is 0 Å². The summed E-state index contributed by atoms with van der Waals surface area (Å²) in [6.45, 7) is 4.05. The zero-order chi connectivity index (χ0) is 13.9. The molecule has 2 aromatic rings. The Morgan fingerprint density at radius 2 is 2.40 bits per heavy atom. The lowest BCUT2D eigenvalue weighted by molar-refractivity contribution is 0.422. The quantitative estimate of drug-likeness (QED) is 0.837. The Labute approximate surface area is 117 Å². The van der Waals surface area contributed by atoms with E-state index in [1.807, 2.05) is 12.1 Å². The number of hydrogen-bond acceptors (Lipinski definition) is 5. The molecule has 0 radical (unpaired) electrons. The Kier molecular flexibility index (Phi) is 3.38. The van der Waals surface area contributed by atoms with Crippen LogP contribution < -0.4 is 4.90 Å². The SMILES string of the molecule is C[C@H]1CCCN(c2oc(-c3cccnc3)nc2C#N)C1. The molecule has 0 aliphatic carbocycles. The molecule has 20 heavy (non-hydrogen) atoms. The minimum atomic E-state index is 0.359. The summed E-state index contributed by atoms with van der Waals surface area (Å²) < 4.78 is 5.83. The highest BCUT2D eigenvalue weighted by Crippen LogP contribution is 2.30. The van der Waals surface area contributed by atoms with Gasteiger partial charge in [-0.2, -0.15) is 10.2 Å². The standard InChI is InChI=1S/C15H16N4O/c1-11-4-3-7-19(10-11)15-13(8-16)18-14(20-15)12-5-2-6-17-9-12/h2,5-6,9,11H,3-4,7,10H2,1H3/t11-/m0/s1. The highest BCUT2D eigenvalue weighted by atomic mass is 16.4. The van der Waals surface area contributed by atoms with E-state index in [4.69, 9.17) is 4.42 Å². The molecule has 2 aromatic heterocycles. The van der Waals surface area contributed by atoms with Crippen LogP contribution in [0, 0.1) is 17.2 Å². The normalized spacial score (nSPS) is 18.8. The van der Waals surface area contributed by atoms with Crippen molar-refractivity contribution in [2.24, 2.45) is 5.92 Å². The molecule has 1 aliphatic heterocycles. The van der Waals surface area contributed by atoms with Gasteiger partial charge in [-0.25, -0.2) is 0 Å². The number of anilines is 1. The fourth-order valence-electron chi connectivity index (χ4n) is 2.59. The van der Waals surface area contributed by atoms with Crippen LogP contribution in [0.1, 0.15) is 25.5 Å². The van der Waals surface area contributed by atoms with Gasteiger partial charge in [0.1, 0.15) is 6.07 Å². The second-order valence-electron chi connectivity index (χ2n) is 5.22. The van der Waals surface area contributed by atoms with Gasteiger partial charge in [0, 0.05) is 25.5 Å². The van der Waals surface area contributed by atoms with Gasteiger partial charge in [0.15, 0.2) is 0 Å². The topological polar surface area (TPSA) is 66.0 Å². The van der Waals surface area contributed by atoms with Crippen molar-refractivity contribution in [2.75, 3.05) is 18.0 Å². The molecular weight excluding hydrogens is 252 g/mol. The maximum atomic E-state index is 9.26. The fraction of sp³-hybridized carbons (Fsp3) is 0.400. The van der Waals surface area contributed by atoms with Gasteiger partial charge in [0.05, 0.1) is 5.56 Å². The Hall–Kier alpha value is -2.35. The zero-order valence-corrected chi connectivity index (χ0v) is 11.4. The lowest BCUT2D eigenvalue weighted by atomic mass is 10.0. The molecule has 0 spiro atoms. The lowest BCUT2D eigenvalue weighted by Crippen LogP contribution is -2.34. The molecule has 0 amide bonds. The number of nitriles is 1. The second kappa shape index (κ2) is 5.33. The van der Waals surface area contributed by atoms with Crippen molar-refractivity contribution >= 4 is 5.88 Å². The first-order valence-electron chi connectivity index (χ1n) is 6.84. The molecule has 0 saturated carbocycles. The minimum Gasteiger partial charge on any atom is -0.419 e. The molecule has 3 rings (SSSR count). The van der Waals surface area contributed by atoms with Gasteiger partial charge in [0.25, 0.3) is 0 Å². The maximum absolute atomic E-state index is 9.26. The number of hydrogen-bond donors (Lipinski definition) is 0. The molecule has 5 nitrogen and oxygen atoms in total. The third-order valence-electron chi connectivity index (χ3n) is 3.57. The maximum Gasteiger partial charge on any atom is 0.235 e. The van der Waals surface area contributed by atoms with Crippen LogP contribution in [-0.4, -0.2) is 23.1 Å². The van der Waals surface area contributed by atoms with Crippen LogP contribution in [0.15, 0.2) is 28.9 Å². The van der Waals surface area contributed by atoms with E-state index in [1.54, 1.807) is 12.4 Å². The number of oxazole rings is 1. The van der Waals surface area contributed by atoms with Crippen LogP contribution in [0.3, 0.4) is 0 Å². The van der Waals surface area contributed by atoms with Gasteiger partial charge in [-0.15, -0.1) is 0 Å². The Morgan fingerprint density at radius 3 is 3.10 bits per heavy atom. The van der Waals surface area contributed by atoms with Crippen molar-refractivity contribution in [3.05, 3.63) is 30.2 Å². The highest BCUT2D eigenvalue weighted by molar-refractivity contribution is 5.58. The Balaban J connectivity index is 1.95. The summed E-state index contributed by atoms with van der Waals surface area (Å²) in [6.07, 6.45) is 5.73. The van der Waals surface area contributed by atoms with E-state index in [1.165, 1.54) is 6.42 Å². The van der Waals surface area contributed by atoms with Crippen LogP contribution in [-0.2, 0) is 0 Å². The average molecular weight is 268 g/mol. The summed E-state index contributed by atoms with van der Waals surface area (Å²) in [4.78, 5) is 10.5. The van der Waals surface area contributed by atoms with Crippen molar-refractivity contribution in [1.29, 1.82) is 5.26 Å². The minimum absolute atomic E-state index is 0.359. The van der Waals surface area contributed by atoms with Crippen LogP contribution in [0.25, 0.3) is 11.5 Å². The third-order valence-corrected chi connectivity index (χ3v) is 3.57. The number of aromatic nitrogens is 2. The molecule has 0 N–H and O–H groups in total. The third kappa shape index (κ3) is 2.37.